The number of carbonyl (C=O) groups is 1. The number of hydrogen-bond donors (Lipinski definition) is 2. The highest BCUT2D eigenvalue weighted by molar-refractivity contribution is 5.75. The average Bonchev–Trinajstić information content (AvgIpc) is 2.28. The number of rotatable bonds is 5. The van der Waals surface area contributed by atoms with E-state index in [1.807, 2.05) is 18.2 Å². The zero-order valence-corrected chi connectivity index (χ0v) is 11.2. The monoisotopic (exact) mass is 252 g/mol. The molecule has 1 aromatic carbocycles. The maximum absolute atomic E-state index is 11.2. The minimum Gasteiger partial charge on any atom is -0.496 e. The fourth-order valence-electron chi connectivity index (χ4n) is 1.67. The number of hydrogen-bond acceptors (Lipinski definition) is 3. The second-order valence-corrected chi connectivity index (χ2v) is 5.19. The fourth-order valence-corrected chi connectivity index (χ4v) is 1.67. The molecule has 0 aromatic heterocycles. The minimum atomic E-state index is -1.37. The quantitative estimate of drug-likeness (QED) is 0.842. The molecule has 0 fully saturated rings. The third kappa shape index (κ3) is 2.64. The van der Waals surface area contributed by atoms with Gasteiger partial charge in [-0.05, 0) is 32.4 Å². The summed E-state index contributed by atoms with van der Waals surface area (Å²) < 4.78 is 5.21. The van der Waals surface area contributed by atoms with Crippen molar-refractivity contribution >= 4 is 5.97 Å². The Hall–Kier alpha value is -1.55. The summed E-state index contributed by atoms with van der Waals surface area (Å²) in [6.07, 6.45) is 0.219. The molecule has 4 nitrogen and oxygen atoms in total. The predicted octanol–water partition coefficient (Wildman–Crippen LogP) is 2.10. The molecule has 0 radical (unpaired) electrons. The Kier molecular flexibility index (Phi) is 4.02. The van der Waals surface area contributed by atoms with Gasteiger partial charge in [-0.25, -0.2) is 0 Å². The van der Waals surface area contributed by atoms with Gasteiger partial charge in [-0.1, -0.05) is 18.2 Å². The SMILES string of the molecule is COc1ccccc1CC(C)(O)C(C)(C)C(=O)O. The lowest BCUT2D eigenvalue weighted by Crippen LogP contribution is -2.48. The Morgan fingerprint density at radius 1 is 1.28 bits per heavy atom. The molecule has 1 rings (SSSR count). The van der Waals surface area contributed by atoms with Gasteiger partial charge in [0.05, 0.1) is 18.1 Å². The van der Waals surface area contributed by atoms with Crippen LogP contribution in [0.2, 0.25) is 0 Å². The van der Waals surface area contributed by atoms with E-state index in [0.29, 0.717) is 5.75 Å². The van der Waals surface area contributed by atoms with E-state index in [1.54, 1.807) is 13.2 Å². The predicted molar refractivity (Wildman–Crippen MR) is 68.7 cm³/mol. The molecule has 0 amide bonds. The lowest BCUT2D eigenvalue weighted by Gasteiger charge is -2.36. The number of methoxy groups -OCH3 is 1. The van der Waals surface area contributed by atoms with Gasteiger partial charge < -0.3 is 14.9 Å². The van der Waals surface area contributed by atoms with E-state index < -0.39 is 17.0 Å². The Balaban J connectivity index is 3.06. The number of carboxylic acid groups (broad SMARTS) is 1. The van der Waals surface area contributed by atoms with E-state index in [4.69, 9.17) is 4.74 Å². The van der Waals surface area contributed by atoms with Crippen LogP contribution in [0.5, 0.6) is 5.75 Å². The Labute approximate surface area is 107 Å². The molecular weight excluding hydrogens is 232 g/mol. The molecule has 0 aliphatic rings. The van der Waals surface area contributed by atoms with E-state index in [1.165, 1.54) is 20.8 Å². The Morgan fingerprint density at radius 3 is 2.33 bits per heavy atom. The fraction of sp³-hybridized carbons (Fsp3) is 0.500. The third-order valence-electron chi connectivity index (χ3n) is 3.61. The van der Waals surface area contributed by atoms with Crippen molar-refractivity contribution in [1.29, 1.82) is 0 Å². The first-order valence-electron chi connectivity index (χ1n) is 5.80. The average molecular weight is 252 g/mol. The van der Waals surface area contributed by atoms with Crippen molar-refractivity contribution in [3.8, 4) is 5.75 Å². The highest BCUT2D eigenvalue weighted by atomic mass is 16.5. The van der Waals surface area contributed by atoms with Crippen molar-refractivity contribution in [3.63, 3.8) is 0 Å². The summed E-state index contributed by atoms with van der Waals surface area (Å²) in [6, 6.07) is 7.28. The first-order chi connectivity index (χ1) is 8.22. The number of aliphatic carboxylic acids is 1. The van der Waals surface area contributed by atoms with Crippen LogP contribution in [0.25, 0.3) is 0 Å². The highest BCUT2D eigenvalue weighted by Gasteiger charge is 2.45. The molecular formula is C14H20O4. The van der Waals surface area contributed by atoms with Gasteiger partial charge in [0.2, 0.25) is 0 Å². The summed E-state index contributed by atoms with van der Waals surface area (Å²) in [4.78, 5) is 11.2. The van der Waals surface area contributed by atoms with Crippen molar-refractivity contribution in [3.05, 3.63) is 29.8 Å². The zero-order chi connectivity index (χ0) is 14.0. The van der Waals surface area contributed by atoms with Gasteiger partial charge in [-0.3, -0.25) is 4.79 Å². The Morgan fingerprint density at radius 2 is 1.83 bits per heavy atom. The van der Waals surface area contributed by atoms with Crippen molar-refractivity contribution < 1.29 is 19.7 Å². The van der Waals surface area contributed by atoms with E-state index in [9.17, 15) is 15.0 Å². The van der Waals surface area contributed by atoms with Crippen molar-refractivity contribution in [1.82, 2.24) is 0 Å². The maximum atomic E-state index is 11.2. The van der Waals surface area contributed by atoms with Gasteiger partial charge in [-0.15, -0.1) is 0 Å². The van der Waals surface area contributed by atoms with E-state index in [2.05, 4.69) is 0 Å². The van der Waals surface area contributed by atoms with E-state index >= 15 is 0 Å². The molecule has 100 valence electrons. The number of carboxylic acids is 1. The summed E-state index contributed by atoms with van der Waals surface area (Å²) in [5.74, 6) is -0.374. The van der Waals surface area contributed by atoms with Gasteiger partial charge in [-0.2, -0.15) is 0 Å². The minimum absolute atomic E-state index is 0.219. The summed E-state index contributed by atoms with van der Waals surface area (Å²) in [6.45, 7) is 4.57. The number of ether oxygens (including phenoxy) is 1. The maximum Gasteiger partial charge on any atom is 0.312 e. The largest absolute Gasteiger partial charge is 0.496 e. The third-order valence-corrected chi connectivity index (χ3v) is 3.61. The van der Waals surface area contributed by atoms with E-state index in [0.717, 1.165) is 5.56 Å². The normalized spacial score (nSPS) is 14.9. The molecule has 1 unspecified atom stereocenters. The molecule has 1 aromatic rings. The second kappa shape index (κ2) is 4.98. The lowest BCUT2D eigenvalue weighted by atomic mass is 9.73. The van der Waals surface area contributed by atoms with Gasteiger partial charge in [0, 0.05) is 6.42 Å². The van der Waals surface area contributed by atoms with Crippen LogP contribution in [0.4, 0.5) is 0 Å². The van der Waals surface area contributed by atoms with Gasteiger partial charge in [0.1, 0.15) is 5.75 Å². The molecule has 18 heavy (non-hydrogen) atoms. The molecule has 0 spiro atoms. The molecule has 0 aliphatic carbocycles. The van der Waals surface area contributed by atoms with Crippen LogP contribution in [0, 0.1) is 5.41 Å². The van der Waals surface area contributed by atoms with Crippen LogP contribution in [0.15, 0.2) is 24.3 Å². The molecule has 0 saturated heterocycles. The molecule has 2 N–H and O–H groups in total. The second-order valence-electron chi connectivity index (χ2n) is 5.19. The smallest absolute Gasteiger partial charge is 0.312 e. The van der Waals surface area contributed by atoms with Crippen LogP contribution < -0.4 is 4.74 Å². The van der Waals surface area contributed by atoms with Crippen LogP contribution in [0.1, 0.15) is 26.3 Å². The van der Waals surface area contributed by atoms with Crippen molar-refractivity contribution in [2.75, 3.05) is 7.11 Å². The van der Waals surface area contributed by atoms with Crippen LogP contribution in [0.3, 0.4) is 0 Å². The number of benzene rings is 1. The number of aliphatic hydroxyl groups is 1. The summed E-state index contributed by atoms with van der Waals surface area (Å²) >= 11 is 0. The summed E-state index contributed by atoms with van der Waals surface area (Å²) in [5.41, 5.74) is -1.82. The zero-order valence-electron chi connectivity index (χ0n) is 11.2. The standard InChI is InChI=1S/C14H20O4/c1-13(2,12(15)16)14(3,17)9-10-7-5-6-8-11(10)18-4/h5-8,17H,9H2,1-4H3,(H,15,16). The van der Waals surface area contributed by atoms with Crippen LogP contribution in [-0.2, 0) is 11.2 Å². The Bertz CT molecular complexity index is 435. The topological polar surface area (TPSA) is 66.8 Å². The molecule has 4 heteroatoms. The van der Waals surface area contributed by atoms with Crippen molar-refractivity contribution in [2.45, 2.75) is 32.8 Å². The molecule has 0 heterocycles. The van der Waals surface area contributed by atoms with Crippen LogP contribution >= 0.6 is 0 Å². The summed E-state index contributed by atoms with van der Waals surface area (Å²) in [7, 11) is 1.55. The van der Waals surface area contributed by atoms with Crippen molar-refractivity contribution in [2.24, 2.45) is 5.41 Å². The first kappa shape index (κ1) is 14.5. The number of para-hydroxylation sites is 1. The van der Waals surface area contributed by atoms with Gasteiger partial charge >= 0.3 is 5.97 Å². The molecule has 0 aliphatic heterocycles. The first-order valence-corrected chi connectivity index (χ1v) is 5.80. The highest BCUT2D eigenvalue weighted by Crippen LogP contribution is 2.35. The molecule has 1 atom stereocenters. The molecule has 0 saturated carbocycles. The lowest BCUT2D eigenvalue weighted by molar-refractivity contribution is -0.162. The van der Waals surface area contributed by atoms with Gasteiger partial charge in [0.15, 0.2) is 0 Å². The van der Waals surface area contributed by atoms with Gasteiger partial charge in [0.25, 0.3) is 0 Å². The summed E-state index contributed by atoms with van der Waals surface area (Å²) in [5, 5.41) is 19.6. The van der Waals surface area contributed by atoms with Crippen LogP contribution in [-0.4, -0.2) is 28.9 Å². The van der Waals surface area contributed by atoms with E-state index in [-0.39, 0.29) is 6.42 Å². The molecule has 0 bridgehead atoms.